The molecule has 0 aliphatic heterocycles. The van der Waals surface area contributed by atoms with Crippen LogP contribution >= 0.6 is 0 Å². The Morgan fingerprint density at radius 2 is 1.60 bits per heavy atom. The van der Waals surface area contributed by atoms with Crippen LogP contribution < -0.4 is 0 Å². The number of aliphatic carboxylic acids is 1. The number of carboxylic acid groups (broad SMARTS) is 1. The van der Waals surface area contributed by atoms with Gasteiger partial charge in [-0.05, 0) is 13.8 Å². The summed E-state index contributed by atoms with van der Waals surface area (Å²) in [6.45, 7) is 5.74. The highest BCUT2D eigenvalue weighted by Crippen LogP contribution is 2.13. The van der Waals surface area contributed by atoms with Gasteiger partial charge in [0.05, 0.1) is 6.61 Å². The van der Waals surface area contributed by atoms with Gasteiger partial charge >= 0.3 is 18.1 Å². The van der Waals surface area contributed by atoms with Gasteiger partial charge in [0.2, 0.25) is 0 Å². The van der Waals surface area contributed by atoms with Crippen molar-refractivity contribution in [2.75, 3.05) is 6.61 Å². The van der Waals surface area contributed by atoms with Crippen molar-refractivity contribution in [3.05, 3.63) is 35.9 Å². The SMILES string of the molecule is CCOC(C)=O.Cc1ccccc1.O=C(O)C(F)(F)F. The number of alkyl halides is 3. The number of carbonyl (C=O) groups is 2. The van der Waals surface area contributed by atoms with E-state index in [4.69, 9.17) is 9.90 Å². The summed E-state index contributed by atoms with van der Waals surface area (Å²) in [4.78, 5) is 18.7. The van der Waals surface area contributed by atoms with Crippen LogP contribution in [0.1, 0.15) is 19.4 Å². The fraction of sp³-hybridized carbons (Fsp3) is 0.385. The molecule has 1 aromatic rings. The topological polar surface area (TPSA) is 63.6 Å². The molecular formula is C13H17F3O4. The summed E-state index contributed by atoms with van der Waals surface area (Å²) in [7, 11) is 0. The lowest BCUT2D eigenvalue weighted by Crippen LogP contribution is -2.21. The fourth-order valence-corrected chi connectivity index (χ4v) is 0.738. The largest absolute Gasteiger partial charge is 0.490 e. The van der Waals surface area contributed by atoms with Gasteiger partial charge in [-0.1, -0.05) is 35.9 Å². The Morgan fingerprint density at radius 3 is 1.70 bits per heavy atom. The second-order valence-electron chi connectivity index (χ2n) is 3.38. The number of esters is 1. The van der Waals surface area contributed by atoms with Gasteiger partial charge in [0.15, 0.2) is 0 Å². The summed E-state index contributed by atoms with van der Waals surface area (Å²) in [6.07, 6.45) is -5.08. The standard InChI is InChI=1S/C7H8.C4H8O2.C2HF3O2/c1-7-5-3-2-4-6-7;1-3-6-4(2)5;3-2(4,5)1(6)7/h2-6H,1H3;3H2,1-2H3;(H,6,7). The predicted molar refractivity (Wildman–Crippen MR) is 67.2 cm³/mol. The lowest BCUT2D eigenvalue weighted by atomic mass is 10.2. The molecule has 1 rings (SSSR count). The molecule has 0 aliphatic carbocycles. The molecule has 0 bridgehead atoms. The molecule has 0 atom stereocenters. The smallest absolute Gasteiger partial charge is 0.475 e. The number of hydrogen-bond donors (Lipinski definition) is 1. The van der Waals surface area contributed by atoms with E-state index in [9.17, 15) is 18.0 Å². The molecule has 1 aromatic carbocycles. The van der Waals surface area contributed by atoms with E-state index < -0.39 is 12.1 Å². The Balaban J connectivity index is 0. The molecule has 0 fully saturated rings. The van der Waals surface area contributed by atoms with Crippen LogP contribution in [-0.4, -0.2) is 29.8 Å². The molecule has 0 aliphatic rings. The summed E-state index contributed by atoms with van der Waals surface area (Å²) < 4.78 is 36.1. The van der Waals surface area contributed by atoms with E-state index in [-0.39, 0.29) is 5.97 Å². The lowest BCUT2D eigenvalue weighted by molar-refractivity contribution is -0.192. The van der Waals surface area contributed by atoms with Crippen molar-refractivity contribution in [3.8, 4) is 0 Å². The second-order valence-corrected chi connectivity index (χ2v) is 3.38. The van der Waals surface area contributed by atoms with Crippen LogP contribution in [-0.2, 0) is 14.3 Å². The summed E-state index contributed by atoms with van der Waals surface area (Å²) >= 11 is 0. The first kappa shape index (κ1) is 20.3. The Labute approximate surface area is 115 Å². The zero-order valence-electron chi connectivity index (χ0n) is 11.4. The molecule has 0 spiro atoms. The first-order valence-corrected chi connectivity index (χ1v) is 5.56. The maximum atomic E-state index is 10.6. The maximum Gasteiger partial charge on any atom is 0.490 e. The molecule has 4 nitrogen and oxygen atoms in total. The minimum Gasteiger partial charge on any atom is -0.475 e. The molecule has 7 heteroatoms. The predicted octanol–water partition coefficient (Wildman–Crippen LogP) is 3.20. The third-order valence-corrected chi connectivity index (χ3v) is 1.53. The Bertz CT molecular complexity index is 388. The maximum absolute atomic E-state index is 10.6. The minimum atomic E-state index is -5.08. The van der Waals surface area contributed by atoms with E-state index in [0.29, 0.717) is 6.61 Å². The molecule has 20 heavy (non-hydrogen) atoms. The number of hydrogen-bond acceptors (Lipinski definition) is 3. The third-order valence-electron chi connectivity index (χ3n) is 1.53. The quantitative estimate of drug-likeness (QED) is 0.808. The number of aryl methyl sites for hydroxylation is 1. The molecule has 0 saturated heterocycles. The molecule has 1 N–H and O–H groups in total. The minimum absolute atomic E-state index is 0.211. The number of rotatable bonds is 1. The van der Waals surface area contributed by atoms with Gasteiger partial charge in [-0.3, -0.25) is 4.79 Å². The van der Waals surface area contributed by atoms with Crippen LogP contribution in [0.2, 0.25) is 0 Å². The highest BCUT2D eigenvalue weighted by molar-refractivity contribution is 5.73. The Hall–Kier alpha value is -2.05. The van der Waals surface area contributed by atoms with E-state index in [2.05, 4.69) is 23.8 Å². The highest BCUT2D eigenvalue weighted by atomic mass is 19.4. The first-order valence-electron chi connectivity index (χ1n) is 5.56. The van der Waals surface area contributed by atoms with Crippen molar-refractivity contribution >= 4 is 11.9 Å². The zero-order chi connectivity index (χ0) is 16.2. The first-order chi connectivity index (χ1) is 9.11. The molecule has 0 heterocycles. The van der Waals surface area contributed by atoms with Crippen LogP contribution in [0.5, 0.6) is 0 Å². The molecule has 114 valence electrons. The van der Waals surface area contributed by atoms with Crippen molar-refractivity contribution in [1.82, 2.24) is 0 Å². The summed E-state index contributed by atoms with van der Waals surface area (Å²) in [6, 6.07) is 10.3. The van der Waals surface area contributed by atoms with Gasteiger partial charge < -0.3 is 9.84 Å². The molecule has 0 amide bonds. The van der Waals surface area contributed by atoms with Gasteiger partial charge in [0.25, 0.3) is 0 Å². The van der Waals surface area contributed by atoms with Crippen molar-refractivity contribution < 1.29 is 32.6 Å². The average Bonchev–Trinajstić information content (AvgIpc) is 2.30. The number of halogens is 3. The van der Waals surface area contributed by atoms with Gasteiger partial charge in [-0.25, -0.2) is 4.79 Å². The Morgan fingerprint density at radius 1 is 1.20 bits per heavy atom. The number of benzene rings is 1. The van der Waals surface area contributed by atoms with Crippen LogP contribution in [0.3, 0.4) is 0 Å². The van der Waals surface area contributed by atoms with E-state index >= 15 is 0 Å². The second kappa shape index (κ2) is 10.8. The van der Waals surface area contributed by atoms with E-state index in [0.717, 1.165) is 0 Å². The van der Waals surface area contributed by atoms with Crippen LogP contribution in [0, 0.1) is 6.92 Å². The molecule has 0 aromatic heterocycles. The van der Waals surface area contributed by atoms with Gasteiger partial charge in [0, 0.05) is 6.92 Å². The van der Waals surface area contributed by atoms with Crippen LogP contribution in [0.25, 0.3) is 0 Å². The monoisotopic (exact) mass is 294 g/mol. The van der Waals surface area contributed by atoms with E-state index in [1.54, 1.807) is 6.92 Å². The number of carboxylic acids is 1. The molecule has 0 unspecified atom stereocenters. The van der Waals surface area contributed by atoms with Gasteiger partial charge in [-0.15, -0.1) is 0 Å². The highest BCUT2D eigenvalue weighted by Gasteiger charge is 2.38. The number of ether oxygens (including phenoxy) is 1. The van der Waals surface area contributed by atoms with Crippen molar-refractivity contribution in [2.24, 2.45) is 0 Å². The third kappa shape index (κ3) is 16.0. The van der Waals surface area contributed by atoms with Crippen molar-refractivity contribution in [1.29, 1.82) is 0 Å². The lowest BCUT2D eigenvalue weighted by Gasteiger charge is -1.93. The van der Waals surface area contributed by atoms with E-state index in [1.165, 1.54) is 12.5 Å². The van der Waals surface area contributed by atoms with Crippen molar-refractivity contribution in [2.45, 2.75) is 26.9 Å². The Kier molecular flexibility index (Phi) is 11.0. The molecule has 0 saturated carbocycles. The van der Waals surface area contributed by atoms with Gasteiger partial charge in [-0.2, -0.15) is 13.2 Å². The van der Waals surface area contributed by atoms with Gasteiger partial charge in [0.1, 0.15) is 0 Å². The fourth-order valence-electron chi connectivity index (χ4n) is 0.738. The summed E-state index contributed by atoms with van der Waals surface area (Å²) in [5.74, 6) is -2.97. The van der Waals surface area contributed by atoms with E-state index in [1.807, 2.05) is 18.2 Å². The van der Waals surface area contributed by atoms with Crippen LogP contribution in [0.15, 0.2) is 30.3 Å². The summed E-state index contributed by atoms with van der Waals surface area (Å²) in [5.41, 5.74) is 1.32. The summed E-state index contributed by atoms with van der Waals surface area (Å²) in [5, 5.41) is 7.12. The van der Waals surface area contributed by atoms with Crippen LogP contribution in [0.4, 0.5) is 13.2 Å². The van der Waals surface area contributed by atoms with Crippen molar-refractivity contribution in [3.63, 3.8) is 0 Å². The number of carbonyl (C=O) groups excluding carboxylic acids is 1. The normalized spacial score (nSPS) is 9.30. The average molecular weight is 294 g/mol. The molecule has 0 radical (unpaired) electrons. The molecular weight excluding hydrogens is 277 g/mol. The zero-order valence-corrected chi connectivity index (χ0v) is 11.4.